The maximum atomic E-state index is 14.3. The minimum Gasteiger partial charge on any atom is -0.496 e. The fourth-order valence-corrected chi connectivity index (χ4v) is 9.68. The summed E-state index contributed by atoms with van der Waals surface area (Å²) in [7, 11) is -2.31. The van der Waals surface area contributed by atoms with Crippen LogP contribution in [-0.2, 0) is 24.4 Å². The van der Waals surface area contributed by atoms with Crippen molar-refractivity contribution in [1.29, 1.82) is 0 Å². The van der Waals surface area contributed by atoms with Crippen LogP contribution in [-0.4, -0.2) is 77.1 Å². The van der Waals surface area contributed by atoms with Crippen LogP contribution in [0.3, 0.4) is 0 Å². The third-order valence-electron chi connectivity index (χ3n) is 11.4. The predicted octanol–water partition coefficient (Wildman–Crippen LogP) is 5.93. The number of amides is 3. The predicted molar refractivity (Wildman–Crippen MR) is 203 cm³/mol. The molecule has 7 rings (SSSR count). The second-order valence-corrected chi connectivity index (χ2v) is 18.7. The Balaban J connectivity index is 1.20. The summed E-state index contributed by atoms with van der Waals surface area (Å²) < 4.78 is 39.9. The Hall–Kier alpha value is -4.04. The highest BCUT2D eigenvalue weighted by molar-refractivity contribution is 7.91. The van der Waals surface area contributed by atoms with Gasteiger partial charge in [0.15, 0.2) is 0 Å². The Morgan fingerprint density at radius 1 is 1.11 bits per heavy atom. The zero-order valence-electron chi connectivity index (χ0n) is 31.1. The maximum Gasteiger partial charge on any atom is 0.259 e. The number of carbonyl (C=O) groups is 3. The normalized spacial score (nSPS) is 26.5. The number of benzene rings is 1. The number of aryl methyl sites for hydroxylation is 1. The summed E-state index contributed by atoms with van der Waals surface area (Å²) >= 11 is 1.51. The number of aromatic nitrogens is 2. The summed E-state index contributed by atoms with van der Waals surface area (Å²) in [6.07, 6.45) is 9.38. The van der Waals surface area contributed by atoms with Crippen LogP contribution in [0.5, 0.6) is 11.5 Å². The highest BCUT2D eigenvalue weighted by Crippen LogP contribution is 2.48. The number of carbonyl (C=O) groups excluding carboxylic acids is 3. The van der Waals surface area contributed by atoms with Crippen LogP contribution < -0.4 is 19.5 Å². The third kappa shape index (κ3) is 7.28. The molecule has 1 aromatic carbocycles. The van der Waals surface area contributed by atoms with Gasteiger partial charge in [0.25, 0.3) is 5.91 Å². The van der Waals surface area contributed by atoms with Crippen molar-refractivity contribution in [3.8, 4) is 22.2 Å². The molecule has 0 radical (unpaired) electrons. The molecule has 284 valence electrons. The molecule has 4 heterocycles. The molecule has 53 heavy (non-hydrogen) atoms. The van der Waals surface area contributed by atoms with Crippen molar-refractivity contribution < 1.29 is 32.3 Å². The van der Waals surface area contributed by atoms with Crippen LogP contribution in [0.2, 0.25) is 0 Å². The zero-order valence-corrected chi connectivity index (χ0v) is 32.7. The molecule has 3 amide bonds. The van der Waals surface area contributed by atoms with Gasteiger partial charge in [0, 0.05) is 41.2 Å². The number of nitrogens with zero attached hydrogens (tertiary/aromatic N) is 3. The van der Waals surface area contributed by atoms with Crippen LogP contribution in [0, 0.1) is 12.8 Å². The molecule has 3 aromatic rings. The van der Waals surface area contributed by atoms with Gasteiger partial charge in [0.2, 0.25) is 21.8 Å². The van der Waals surface area contributed by atoms with Crippen molar-refractivity contribution in [2.45, 2.75) is 120 Å². The highest BCUT2D eigenvalue weighted by Gasteiger charge is 2.63. The lowest BCUT2D eigenvalue weighted by Crippen LogP contribution is -2.57. The minimum absolute atomic E-state index is 0.149. The van der Waals surface area contributed by atoms with E-state index < -0.39 is 44.3 Å². The van der Waals surface area contributed by atoms with E-state index in [1.54, 1.807) is 18.9 Å². The Kier molecular flexibility index (Phi) is 10.1. The Labute approximate surface area is 315 Å². The van der Waals surface area contributed by atoms with Crippen LogP contribution in [0.25, 0.3) is 21.6 Å². The number of thiazole rings is 1. The van der Waals surface area contributed by atoms with Gasteiger partial charge in [-0.2, -0.15) is 0 Å². The van der Waals surface area contributed by atoms with Crippen molar-refractivity contribution in [3.63, 3.8) is 0 Å². The Bertz CT molecular complexity index is 2070. The van der Waals surface area contributed by atoms with Crippen molar-refractivity contribution in [2.75, 3.05) is 13.7 Å². The molecule has 0 bridgehead atoms. The molecule has 1 saturated heterocycles. The molecule has 2 aromatic heterocycles. The molecular weight excluding hydrogens is 715 g/mol. The van der Waals surface area contributed by atoms with Crippen LogP contribution in [0.4, 0.5) is 0 Å². The van der Waals surface area contributed by atoms with E-state index in [9.17, 15) is 22.8 Å². The number of fused-ring (bicyclic) bond motifs is 3. The fraction of sp³-hybridized carbons (Fsp3) is 0.564. The molecule has 14 heteroatoms. The standard InChI is InChI=1S/C39H49N5O7S2/c1-23(2)29-22-52-36(41-29)28-19-32(27-14-15-31(50-5)24(3)34(27)40-28)51-26-18-30-35(46)42-39(37(47)43-53(48,49)38(4)16-17-38)20-25(39)12-10-8-6-7-9-11-13-33(45)44(30)21-26/h10,12,14-15,19,22-23,25-26,30H,6-9,11,13,16-18,20-21H2,1-5H3,(H,42,46)(H,43,47)/b12-10-/t25-,26-,30+,39-/m1/s1. The molecule has 12 nitrogen and oxygen atoms in total. The van der Waals surface area contributed by atoms with E-state index in [4.69, 9.17) is 19.4 Å². The number of rotatable bonds is 8. The first-order chi connectivity index (χ1) is 25.2. The van der Waals surface area contributed by atoms with Crippen LogP contribution in [0.15, 0.2) is 35.7 Å². The van der Waals surface area contributed by atoms with E-state index in [1.165, 1.54) is 11.3 Å². The van der Waals surface area contributed by atoms with Gasteiger partial charge in [-0.15, -0.1) is 11.3 Å². The monoisotopic (exact) mass is 763 g/mol. The molecule has 2 aliphatic carbocycles. The minimum atomic E-state index is -3.93. The van der Waals surface area contributed by atoms with E-state index in [2.05, 4.69) is 23.9 Å². The maximum absolute atomic E-state index is 14.3. The van der Waals surface area contributed by atoms with E-state index in [0.717, 1.165) is 47.3 Å². The number of methoxy groups -OCH3 is 1. The van der Waals surface area contributed by atoms with Crippen molar-refractivity contribution in [1.82, 2.24) is 24.9 Å². The first kappa shape index (κ1) is 37.3. The summed E-state index contributed by atoms with van der Waals surface area (Å²) in [4.78, 5) is 53.3. The number of ether oxygens (including phenoxy) is 2. The van der Waals surface area contributed by atoms with Crippen molar-refractivity contribution in [2.24, 2.45) is 5.92 Å². The van der Waals surface area contributed by atoms with Gasteiger partial charge in [-0.05, 0) is 70.4 Å². The topological polar surface area (TPSA) is 157 Å². The number of hydrogen-bond donors (Lipinski definition) is 2. The molecular formula is C39H49N5O7S2. The van der Waals surface area contributed by atoms with Crippen molar-refractivity contribution in [3.05, 3.63) is 47.0 Å². The van der Waals surface area contributed by atoms with E-state index >= 15 is 0 Å². The van der Waals surface area contributed by atoms with E-state index in [1.807, 2.05) is 42.7 Å². The molecule has 2 aliphatic heterocycles. The number of nitrogens with one attached hydrogen (secondary N) is 2. The fourth-order valence-electron chi connectivity index (χ4n) is 7.43. The van der Waals surface area contributed by atoms with Crippen molar-refractivity contribution >= 4 is 50.0 Å². The lowest BCUT2D eigenvalue weighted by Gasteiger charge is -2.27. The summed E-state index contributed by atoms with van der Waals surface area (Å²) in [5.41, 5.74) is 1.75. The number of allylic oxidation sites excluding steroid dienone is 1. The third-order valence-corrected chi connectivity index (χ3v) is 14.4. The van der Waals surface area contributed by atoms with E-state index in [-0.39, 0.29) is 37.1 Å². The summed E-state index contributed by atoms with van der Waals surface area (Å²) in [5.74, 6) is -0.237. The Morgan fingerprint density at radius 3 is 2.60 bits per heavy atom. The SMILES string of the molecule is COc1ccc2c(O[C@@H]3C[C@H]4C(=O)N[C@]5(C(=O)NS(=O)(=O)C6(C)CC6)C[C@H]5/C=C\CCCCCCC(=O)N4C3)cc(-c3nc(C(C)C)cs3)nc2c1C. The average Bonchev–Trinajstić information content (AvgIpc) is 3.89. The number of sulfonamides is 1. The molecule has 0 spiro atoms. The summed E-state index contributed by atoms with van der Waals surface area (Å²) in [6, 6.07) is 4.74. The van der Waals surface area contributed by atoms with Gasteiger partial charge in [-0.3, -0.25) is 19.1 Å². The van der Waals surface area contributed by atoms with Gasteiger partial charge in [0.05, 0.1) is 29.6 Å². The quantitative estimate of drug-likeness (QED) is 0.266. The first-order valence-electron chi connectivity index (χ1n) is 18.7. The summed E-state index contributed by atoms with van der Waals surface area (Å²) in [6.45, 7) is 7.93. The summed E-state index contributed by atoms with van der Waals surface area (Å²) in [5, 5.41) is 6.51. The van der Waals surface area contributed by atoms with Crippen LogP contribution in [0.1, 0.15) is 102 Å². The average molecular weight is 764 g/mol. The lowest BCUT2D eigenvalue weighted by molar-refractivity contribution is -0.139. The second-order valence-electron chi connectivity index (χ2n) is 15.6. The highest BCUT2D eigenvalue weighted by atomic mass is 32.2. The lowest BCUT2D eigenvalue weighted by atomic mass is 10.1. The van der Waals surface area contributed by atoms with E-state index in [0.29, 0.717) is 48.4 Å². The Morgan fingerprint density at radius 2 is 1.89 bits per heavy atom. The second kappa shape index (κ2) is 14.3. The zero-order chi connectivity index (χ0) is 37.7. The van der Waals surface area contributed by atoms with Gasteiger partial charge in [0.1, 0.15) is 39.9 Å². The molecule has 4 aliphatic rings. The molecule has 3 fully saturated rings. The van der Waals surface area contributed by atoms with Gasteiger partial charge in [-0.1, -0.05) is 38.8 Å². The molecule has 4 atom stereocenters. The smallest absolute Gasteiger partial charge is 0.259 e. The largest absolute Gasteiger partial charge is 0.496 e. The van der Waals surface area contributed by atoms with Gasteiger partial charge < -0.3 is 19.7 Å². The molecule has 0 unspecified atom stereocenters. The molecule has 2 saturated carbocycles. The number of pyridine rings is 1. The van der Waals surface area contributed by atoms with Gasteiger partial charge >= 0.3 is 0 Å². The van der Waals surface area contributed by atoms with Crippen LogP contribution >= 0.6 is 11.3 Å². The molecule has 2 N–H and O–H groups in total. The number of hydrogen-bond acceptors (Lipinski definition) is 10. The first-order valence-corrected chi connectivity index (χ1v) is 21.1. The van der Waals surface area contributed by atoms with Gasteiger partial charge in [-0.25, -0.2) is 18.4 Å².